The number of aliphatic imine (C=N–C) groups is 1. The summed E-state index contributed by atoms with van der Waals surface area (Å²) in [5.41, 5.74) is 2.18. The van der Waals surface area contributed by atoms with Gasteiger partial charge in [0, 0.05) is 25.2 Å². The Balaban J connectivity index is 0.00000264. The number of halogens is 1. The molecule has 0 aromatic carbocycles. The molecule has 5 nitrogen and oxygen atoms in total. The normalized spacial score (nSPS) is 24.9. The molecule has 1 aromatic heterocycles. The number of nitrogens with zero attached hydrogens (tertiary/aromatic N) is 2. The highest BCUT2D eigenvalue weighted by Crippen LogP contribution is 2.28. The quantitative estimate of drug-likeness (QED) is 0.433. The standard InChI is InChI=1S/C17H30N4O.HI/c1-11-8-12(2)10-15(9-11)20-17(18-5)19-7-6-16-13(3)21-22-14(16)4;/h11-12,15H,6-10H2,1-5H3,(H2,18,19,20);1H. The molecule has 1 aliphatic rings. The number of aryl methyl sites for hydroxylation is 2. The number of hydrogen-bond acceptors (Lipinski definition) is 3. The van der Waals surface area contributed by atoms with Gasteiger partial charge in [-0.15, -0.1) is 24.0 Å². The Hall–Kier alpha value is -0.790. The molecule has 0 amide bonds. The van der Waals surface area contributed by atoms with Gasteiger partial charge in [0.1, 0.15) is 5.76 Å². The van der Waals surface area contributed by atoms with E-state index in [1.165, 1.54) is 24.8 Å². The molecule has 0 aliphatic heterocycles. The minimum Gasteiger partial charge on any atom is -0.361 e. The lowest BCUT2D eigenvalue weighted by molar-refractivity contribution is 0.255. The van der Waals surface area contributed by atoms with Crippen LogP contribution in [0, 0.1) is 25.7 Å². The van der Waals surface area contributed by atoms with Gasteiger partial charge in [-0.3, -0.25) is 4.99 Å². The van der Waals surface area contributed by atoms with E-state index in [2.05, 4.69) is 34.6 Å². The smallest absolute Gasteiger partial charge is 0.191 e. The first-order chi connectivity index (χ1) is 10.5. The van der Waals surface area contributed by atoms with Gasteiger partial charge in [-0.1, -0.05) is 19.0 Å². The monoisotopic (exact) mass is 434 g/mol. The fraction of sp³-hybridized carbons (Fsp3) is 0.765. The van der Waals surface area contributed by atoms with Crippen LogP contribution in [0.4, 0.5) is 0 Å². The van der Waals surface area contributed by atoms with Gasteiger partial charge in [-0.25, -0.2) is 0 Å². The molecule has 0 bridgehead atoms. The van der Waals surface area contributed by atoms with Gasteiger partial charge in [0.2, 0.25) is 0 Å². The van der Waals surface area contributed by atoms with Crippen LogP contribution < -0.4 is 10.6 Å². The van der Waals surface area contributed by atoms with Gasteiger partial charge < -0.3 is 15.2 Å². The minimum atomic E-state index is 0. The Morgan fingerprint density at radius 1 is 1.22 bits per heavy atom. The molecule has 2 N–H and O–H groups in total. The van der Waals surface area contributed by atoms with E-state index in [-0.39, 0.29) is 24.0 Å². The number of hydrogen-bond donors (Lipinski definition) is 2. The third-order valence-electron chi connectivity index (χ3n) is 4.59. The van der Waals surface area contributed by atoms with Crippen LogP contribution in [0.2, 0.25) is 0 Å². The van der Waals surface area contributed by atoms with Crippen molar-refractivity contribution in [3.05, 3.63) is 17.0 Å². The largest absolute Gasteiger partial charge is 0.361 e. The van der Waals surface area contributed by atoms with Crippen LogP contribution in [0.25, 0.3) is 0 Å². The molecule has 0 radical (unpaired) electrons. The van der Waals surface area contributed by atoms with Crippen LogP contribution in [0.3, 0.4) is 0 Å². The van der Waals surface area contributed by atoms with Crippen molar-refractivity contribution in [1.29, 1.82) is 0 Å². The highest BCUT2D eigenvalue weighted by Gasteiger charge is 2.24. The lowest BCUT2D eigenvalue weighted by atomic mass is 9.80. The molecule has 2 unspecified atom stereocenters. The average Bonchev–Trinajstić information content (AvgIpc) is 2.76. The third kappa shape index (κ3) is 5.97. The molecule has 6 heteroatoms. The Morgan fingerprint density at radius 3 is 2.39 bits per heavy atom. The van der Waals surface area contributed by atoms with E-state index in [0.717, 1.165) is 42.2 Å². The maximum Gasteiger partial charge on any atom is 0.191 e. The molecule has 0 saturated heterocycles. The SMILES string of the molecule is CN=C(NCCc1c(C)noc1C)NC1CC(C)CC(C)C1.I. The second-order valence-corrected chi connectivity index (χ2v) is 6.81. The van der Waals surface area contributed by atoms with Crippen LogP contribution in [0.1, 0.15) is 50.1 Å². The number of guanidine groups is 1. The van der Waals surface area contributed by atoms with Crippen LogP contribution in [-0.4, -0.2) is 30.8 Å². The molecule has 132 valence electrons. The summed E-state index contributed by atoms with van der Waals surface area (Å²) in [6.07, 6.45) is 4.71. The first-order valence-electron chi connectivity index (χ1n) is 8.38. The molecule has 1 fully saturated rings. The van der Waals surface area contributed by atoms with Gasteiger partial charge in [-0.05, 0) is 51.4 Å². The van der Waals surface area contributed by atoms with Gasteiger partial charge in [0.15, 0.2) is 5.96 Å². The van der Waals surface area contributed by atoms with Crippen molar-refractivity contribution in [3.63, 3.8) is 0 Å². The fourth-order valence-corrected chi connectivity index (χ4v) is 3.62. The molecule has 1 saturated carbocycles. The van der Waals surface area contributed by atoms with E-state index in [1.54, 1.807) is 0 Å². The van der Waals surface area contributed by atoms with Crippen LogP contribution >= 0.6 is 24.0 Å². The summed E-state index contributed by atoms with van der Waals surface area (Å²) in [5, 5.41) is 11.0. The van der Waals surface area contributed by atoms with Gasteiger partial charge >= 0.3 is 0 Å². The summed E-state index contributed by atoms with van der Waals surface area (Å²) in [4.78, 5) is 4.35. The van der Waals surface area contributed by atoms with Crippen molar-refractivity contribution >= 4 is 29.9 Å². The van der Waals surface area contributed by atoms with Crippen molar-refractivity contribution in [2.75, 3.05) is 13.6 Å². The summed E-state index contributed by atoms with van der Waals surface area (Å²) in [5.74, 6) is 3.40. The zero-order valence-electron chi connectivity index (χ0n) is 15.0. The third-order valence-corrected chi connectivity index (χ3v) is 4.59. The van der Waals surface area contributed by atoms with Crippen molar-refractivity contribution in [3.8, 4) is 0 Å². The Bertz CT molecular complexity index is 485. The summed E-state index contributed by atoms with van der Waals surface area (Å²) >= 11 is 0. The Labute approximate surface area is 157 Å². The number of rotatable bonds is 4. The highest BCUT2D eigenvalue weighted by molar-refractivity contribution is 14.0. The van der Waals surface area contributed by atoms with Crippen LogP contribution in [-0.2, 0) is 6.42 Å². The van der Waals surface area contributed by atoms with Crippen molar-refractivity contribution in [1.82, 2.24) is 15.8 Å². The van der Waals surface area contributed by atoms with Gasteiger partial charge in [0.25, 0.3) is 0 Å². The average molecular weight is 434 g/mol. The first-order valence-corrected chi connectivity index (χ1v) is 8.38. The molecule has 1 heterocycles. The maximum absolute atomic E-state index is 5.20. The molecular weight excluding hydrogens is 403 g/mol. The topological polar surface area (TPSA) is 62.5 Å². The second-order valence-electron chi connectivity index (χ2n) is 6.81. The zero-order valence-corrected chi connectivity index (χ0v) is 17.3. The molecule has 2 atom stereocenters. The Kier molecular flexibility index (Phi) is 8.36. The van der Waals surface area contributed by atoms with E-state index in [9.17, 15) is 0 Å². The van der Waals surface area contributed by atoms with E-state index < -0.39 is 0 Å². The van der Waals surface area contributed by atoms with E-state index in [1.807, 2.05) is 20.9 Å². The second kappa shape index (κ2) is 9.49. The molecule has 0 spiro atoms. The zero-order chi connectivity index (χ0) is 16.1. The first kappa shape index (κ1) is 20.3. The van der Waals surface area contributed by atoms with Crippen molar-refractivity contribution in [2.45, 2.75) is 59.4 Å². The van der Waals surface area contributed by atoms with Crippen LogP contribution in [0.5, 0.6) is 0 Å². The maximum atomic E-state index is 5.20. The van der Waals surface area contributed by atoms with E-state index in [4.69, 9.17) is 4.52 Å². The van der Waals surface area contributed by atoms with Gasteiger partial charge in [-0.2, -0.15) is 0 Å². The summed E-state index contributed by atoms with van der Waals surface area (Å²) < 4.78 is 5.20. The lowest BCUT2D eigenvalue weighted by Gasteiger charge is -2.32. The predicted molar refractivity (Wildman–Crippen MR) is 106 cm³/mol. The molecule has 2 rings (SSSR count). The van der Waals surface area contributed by atoms with Crippen molar-refractivity contribution < 1.29 is 4.52 Å². The summed E-state index contributed by atoms with van der Waals surface area (Å²) in [6.45, 7) is 9.48. The molecule has 23 heavy (non-hydrogen) atoms. The molecular formula is C17H31IN4O. The fourth-order valence-electron chi connectivity index (χ4n) is 3.62. The summed E-state index contributed by atoms with van der Waals surface area (Å²) in [7, 11) is 1.83. The van der Waals surface area contributed by atoms with E-state index in [0.29, 0.717) is 6.04 Å². The van der Waals surface area contributed by atoms with E-state index >= 15 is 0 Å². The lowest BCUT2D eigenvalue weighted by Crippen LogP contribution is -2.46. The predicted octanol–water partition coefficient (Wildman–Crippen LogP) is 3.44. The number of aromatic nitrogens is 1. The van der Waals surface area contributed by atoms with Gasteiger partial charge in [0.05, 0.1) is 5.69 Å². The summed E-state index contributed by atoms with van der Waals surface area (Å²) in [6, 6.07) is 0.531. The highest BCUT2D eigenvalue weighted by atomic mass is 127. The molecule has 1 aliphatic carbocycles. The minimum absolute atomic E-state index is 0. The van der Waals surface area contributed by atoms with Crippen LogP contribution in [0.15, 0.2) is 9.52 Å². The Morgan fingerprint density at radius 2 is 1.87 bits per heavy atom. The van der Waals surface area contributed by atoms with Crippen molar-refractivity contribution in [2.24, 2.45) is 16.8 Å². The number of nitrogens with one attached hydrogen (secondary N) is 2. The molecule has 1 aromatic rings.